The molecule has 0 saturated heterocycles. The van der Waals surface area contributed by atoms with Crippen molar-refractivity contribution >= 4 is 15.8 Å². The number of hydrogen-bond acceptors (Lipinski definition) is 4. The predicted molar refractivity (Wildman–Crippen MR) is 100 cm³/mol. The van der Waals surface area contributed by atoms with E-state index >= 15 is 0 Å². The van der Waals surface area contributed by atoms with Crippen molar-refractivity contribution in [2.24, 2.45) is 10.4 Å². The van der Waals surface area contributed by atoms with Gasteiger partial charge >= 0.3 is 0 Å². The molecule has 0 spiro atoms. The van der Waals surface area contributed by atoms with E-state index in [2.05, 4.69) is 10.6 Å². The van der Waals surface area contributed by atoms with Gasteiger partial charge < -0.3 is 15.4 Å². The number of hydrogen-bond donors (Lipinski definition) is 2. The molecule has 1 atom stereocenters. The highest BCUT2D eigenvalue weighted by Crippen LogP contribution is 2.41. The van der Waals surface area contributed by atoms with E-state index in [1.807, 2.05) is 13.8 Å². The van der Waals surface area contributed by atoms with E-state index in [1.54, 1.807) is 7.11 Å². The Morgan fingerprint density at radius 1 is 1.33 bits per heavy atom. The van der Waals surface area contributed by atoms with Gasteiger partial charge in [0.2, 0.25) is 0 Å². The van der Waals surface area contributed by atoms with Gasteiger partial charge in [0.1, 0.15) is 9.84 Å². The molecule has 142 valence electrons. The second-order valence-corrected chi connectivity index (χ2v) is 9.37. The summed E-state index contributed by atoms with van der Waals surface area (Å²) < 4.78 is 27.9. The van der Waals surface area contributed by atoms with E-state index < -0.39 is 9.84 Å². The fourth-order valence-corrected chi connectivity index (χ4v) is 3.98. The van der Waals surface area contributed by atoms with Crippen molar-refractivity contribution in [1.82, 2.24) is 10.6 Å². The van der Waals surface area contributed by atoms with Crippen LogP contribution in [0.25, 0.3) is 0 Å². The molecule has 0 aliphatic heterocycles. The summed E-state index contributed by atoms with van der Waals surface area (Å²) in [5.74, 6) is 0.973. The van der Waals surface area contributed by atoms with Crippen molar-refractivity contribution in [1.29, 1.82) is 0 Å². The first-order chi connectivity index (χ1) is 11.3. The van der Waals surface area contributed by atoms with Crippen LogP contribution in [0, 0.1) is 5.41 Å². The van der Waals surface area contributed by atoms with Crippen LogP contribution in [0.3, 0.4) is 0 Å². The number of guanidine groups is 1. The van der Waals surface area contributed by atoms with E-state index in [-0.39, 0.29) is 17.2 Å². The summed E-state index contributed by atoms with van der Waals surface area (Å²) in [6, 6.07) is 0.0658. The first kappa shape index (κ1) is 21.2. The SMILES string of the molecule is CCNC(=NCC1(CCOC)CCCC1)NC(C)CCS(C)(=O)=O. The van der Waals surface area contributed by atoms with Crippen molar-refractivity contribution < 1.29 is 13.2 Å². The minimum absolute atomic E-state index is 0.0658. The zero-order valence-corrected chi connectivity index (χ0v) is 16.5. The molecule has 1 aliphatic carbocycles. The maximum atomic E-state index is 11.3. The van der Waals surface area contributed by atoms with Gasteiger partial charge in [-0.05, 0) is 44.9 Å². The Labute approximate surface area is 147 Å². The summed E-state index contributed by atoms with van der Waals surface area (Å²) >= 11 is 0. The van der Waals surface area contributed by atoms with E-state index in [0.717, 1.165) is 32.1 Å². The average Bonchev–Trinajstić information content (AvgIpc) is 2.97. The van der Waals surface area contributed by atoms with Gasteiger partial charge in [-0.2, -0.15) is 0 Å². The molecule has 1 unspecified atom stereocenters. The molecular weight excluding hydrogens is 326 g/mol. The van der Waals surface area contributed by atoms with Gasteiger partial charge in [0.25, 0.3) is 0 Å². The first-order valence-electron chi connectivity index (χ1n) is 9.02. The number of nitrogens with one attached hydrogen (secondary N) is 2. The molecule has 0 radical (unpaired) electrons. The lowest BCUT2D eigenvalue weighted by Crippen LogP contribution is -2.43. The van der Waals surface area contributed by atoms with Crippen LogP contribution in [-0.2, 0) is 14.6 Å². The molecule has 0 amide bonds. The normalized spacial score (nSPS) is 19.2. The molecule has 1 fully saturated rings. The highest BCUT2D eigenvalue weighted by molar-refractivity contribution is 7.90. The van der Waals surface area contributed by atoms with Crippen molar-refractivity contribution in [3.8, 4) is 0 Å². The monoisotopic (exact) mass is 361 g/mol. The number of sulfone groups is 1. The summed E-state index contributed by atoms with van der Waals surface area (Å²) in [6.07, 6.45) is 7.88. The highest BCUT2D eigenvalue weighted by atomic mass is 32.2. The van der Waals surface area contributed by atoms with Crippen LogP contribution in [0.15, 0.2) is 4.99 Å². The number of nitrogens with zero attached hydrogens (tertiary/aromatic N) is 1. The van der Waals surface area contributed by atoms with Crippen molar-refractivity contribution in [3.63, 3.8) is 0 Å². The number of aliphatic imine (C=N–C) groups is 1. The van der Waals surface area contributed by atoms with Crippen molar-refractivity contribution in [3.05, 3.63) is 0 Å². The lowest BCUT2D eigenvalue weighted by Gasteiger charge is -2.27. The molecule has 1 aliphatic rings. The standard InChI is InChI=1S/C17H35N3O3S/c1-5-18-16(20-15(2)8-13-24(4,21)22)19-14-17(11-12-23-3)9-6-7-10-17/h15H,5-14H2,1-4H3,(H2,18,19,20). The maximum absolute atomic E-state index is 11.3. The molecule has 0 aromatic carbocycles. The molecule has 0 heterocycles. The number of methoxy groups -OCH3 is 1. The quantitative estimate of drug-likeness (QED) is 0.459. The third kappa shape index (κ3) is 8.33. The van der Waals surface area contributed by atoms with Gasteiger partial charge in [-0.25, -0.2) is 8.42 Å². The Morgan fingerprint density at radius 2 is 2.00 bits per heavy atom. The van der Waals surface area contributed by atoms with Crippen LogP contribution >= 0.6 is 0 Å². The molecule has 0 aromatic heterocycles. The Kier molecular flexibility index (Phi) is 9.05. The third-order valence-corrected chi connectivity index (χ3v) is 5.70. The number of ether oxygens (including phenoxy) is 1. The van der Waals surface area contributed by atoms with Crippen molar-refractivity contribution in [2.45, 2.75) is 58.4 Å². The van der Waals surface area contributed by atoms with Gasteiger partial charge in [-0.15, -0.1) is 0 Å². The van der Waals surface area contributed by atoms with Gasteiger partial charge in [-0.1, -0.05) is 12.8 Å². The van der Waals surface area contributed by atoms with E-state index in [9.17, 15) is 8.42 Å². The molecule has 6 nitrogen and oxygen atoms in total. The molecule has 2 N–H and O–H groups in total. The van der Waals surface area contributed by atoms with Gasteiger partial charge in [0.05, 0.1) is 5.75 Å². The summed E-state index contributed by atoms with van der Waals surface area (Å²) in [4.78, 5) is 4.79. The Bertz CT molecular complexity index is 485. The minimum Gasteiger partial charge on any atom is -0.385 e. The molecule has 1 saturated carbocycles. The Balaban J connectivity index is 2.62. The summed E-state index contributed by atoms with van der Waals surface area (Å²) in [6.45, 7) is 6.40. The Hall–Kier alpha value is -0.820. The molecule has 7 heteroatoms. The minimum atomic E-state index is -2.93. The lowest BCUT2D eigenvalue weighted by molar-refractivity contribution is 0.141. The van der Waals surface area contributed by atoms with Crippen LogP contribution < -0.4 is 10.6 Å². The second-order valence-electron chi connectivity index (χ2n) is 7.11. The van der Waals surface area contributed by atoms with Gasteiger partial charge in [-0.3, -0.25) is 4.99 Å². The Morgan fingerprint density at radius 3 is 2.54 bits per heavy atom. The zero-order chi connectivity index (χ0) is 18.1. The van der Waals surface area contributed by atoms with Crippen LogP contribution in [-0.4, -0.2) is 59.2 Å². The predicted octanol–water partition coefficient (Wildman–Crippen LogP) is 1.96. The van der Waals surface area contributed by atoms with E-state index in [4.69, 9.17) is 9.73 Å². The van der Waals surface area contributed by atoms with E-state index in [1.165, 1.54) is 31.9 Å². The molecule has 1 rings (SSSR count). The van der Waals surface area contributed by atoms with Crippen LogP contribution in [0.5, 0.6) is 0 Å². The van der Waals surface area contributed by atoms with Crippen LogP contribution in [0.1, 0.15) is 52.4 Å². The van der Waals surface area contributed by atoms with Crippen LogP contribution in [0.4, 0.5) is 0 Å². The fourth-order valence-electron chi connectivity index (χ4n) is 3.19. The van der Waals surface area contributed by atoms with Crippen molar-refractivity contribution in [2.75, 3.05) is 38.8 Å². The van der Waals surface area contributed by atoms with E-state index in [0.29, 0.717) is 6.42 Å². The zero-order valence-electron chi connectivity index (χ0n) is 15.7. The molecule has 24 heavy (non-hydrogen) atoms. The first-order valence-corrected chi connectivity index (χ1v) is 11.1. The van der Waals surface area contributed by atoms with Gasteiger partial charge in [0.15, 0.2) is 5.96 Å². The second kappa shape index (κ2) is 10.2. The summed E-state index contributed by atoms with van der Waals surface area (Å²) in [5.41, 5.74) is 0.258. The average molecular weight is 362 g/mol. The maximum Gasteiger partial charge on any atom is 0.191 e. The topological polar surface area (TPSA) is 79.8 Å². The molecule has 0 bridgehead atoms. The largest absolute Gasteiger partial charge is 0.385 e. The third-order valence-electron chi connectivity index (χ3n) is 4.72. The molecular formula is C17H35N3O3S. The summed E-state index contributed by atoms with van der Waals surface area (Å²) in [5, 5.41) is 6.60. The smallest absolute Gasteiger partial charge is 0.191 e. The lowest BCUT2D eigenvalue weighted by atomic mass is 9.83. The summed E-state index contributed by atoms with van der Waals surface area (Å²) in [7, 11) is -1.18. The highest BCUT2D eigenvalue weighted by Gasteiger charge is 2.33. The van der Waals surface area contributed by atoms with Gasteiger partial charge in [0, 0.05) is 39.1 Å². The number of rotatable bonds is 10. The molecule has 0 aromatic rings. The fraction of sp³-hybridized carbons (Fsp3) is 0.941. The van der Waals surface area contributed by atoms with Crippen LogP contribution in [0.2, 0.25) is 0 Å².